The smallest absolute Gasteiger partial charge is 0.182 e. The first-order valence-corrected chi connectivity index (χ1v) is 5.99. The summed E-state index contributed by atoms with van der Waals surface area (Å²) in [5.74, 6) is 1.27. The van der Waals surface area contributed by atoms with Gasteiger partial charge in [0.1, 0.15) is 5.75 Å². The summed E-state index contributed by atoms with van der Waals surface area (Å²) in [6, 6.07) is 7.89. The van der Waals surface area contributed by atoms with Gasteiger partial charge in [0.15, 0.2) is 4.77 Å². The van der Waals surface area contributed by atoms with Crippen LogP contribution in [0.5, 0.6) is 5.75 Å². The molecule has 4 heteroatoms. The molecule has 1 aromatic heterocycles. The molecule has 3 nitrogen and oxygen atoms in total. The zero-order valence-corrected chi connectivity index (χ0v) is 11.0. The second-order valence-corrected chi connectivity index (χ2v) is 4.59. The summed E-state index contributed by atoms with van der Waals surface area (Å²) in [6.45, 7) is 4.30. The summed E-state index contributed by atoms with van der Waals surface area (Å²) >= 11 is 5.31. The summed E-state index contributed by atoms with van der Waals surface area (Å²) in [5.41, 5.74) is 2.24. The molecule has 0 aliphatic rings. The molecule has 1 N–H and O–H groups in total. The highest BCUT2D eigenvalue weighted by molar-refractivity contribution is 7.71. The molecule has 0 saturated carbocycles. The van der Waals surface area contributed by atoms with E-state index in [2.05, 4.69) is 23.4 Å². The summed E-state index contributed by atoms with van der Waals surface area (Å²) in [5, 5.41) is 0. The van der Waals surface area contributed by atoms with Crippen molar-refractivity contribution in [2.24, 2.45) is 0 Å². The second-order valence-electron chi connectivity index (χ2n) is 4.21. The SMILES string of the molecule is COc1ccc(-n2c(C(C)C)c[nH]c2=S)cc1. The third kappa shape index (κ3) is 2.26. The molecule has 2 rings (SSSR count). The number of nitrogens with zero attached hydrogens (tertiary/aromatic N) is 1. The van der Waals surface area contributed by atoms with Gasteiger partial charge in [0.05, 0.1) is 7.11 Å². The van der Waals surface area contributed by atoms with Crippen LogP contribution in [0.15, 0.2) is 30.5 Å². The van der Waals surface area contributed by atoms with Gasteiger partial charge < -0.3 is 9.72 Å². The van der Waals surface area contributed by atoms with Gasteiger partial charge in [0.2, 0.25) is 0 Å². The largest absolute Gasteiger partial charge is 0.497 e. The Kier molecular flexibility index (Phi) is 3.33. The van der Waals surface area contributed by atoms with Crippen LogP contribution in [0, 0.1) is 4.77 Å². The molecule has 0 atom stereocenters. The predicted octanol–water partition coefficient (Wildman–Crippen LogP) is 3.67. The van der Waals surface area contributed by atoms with Gasteiger partial charge in [-0.05, 0) is 42.4 Å². The van der Waals surface area contributed by atoms with Crippen molar-refractivity contribution in [2.45, 2.75) is 19.8 Å². The topological polar surface area (TPSA) is 29.9 Å². The Morgan fingerprint density at radius 3 is 2.41 bits per heavy atom. The second kappa shape index (κ2) is 4.75. The van der Waals surface area contributed by atoms with Crippen LogP contribution < -0.4 is 4.74 Å². The number of nitrogens with one attached hydrogen (secondary N) is 1. The summed E-state index contributed by atoms with van der Waals surface area (Å²) in [6.07, 6.45) is 1.97. The van der Waals surface area contributed by atoms with Crippen molar-refractivity contribution in [1.29, 1.82) is 0 Å². The number of rotatable bonds is 3. The fourth-order valence-electron chi connectivity index (χ4n) is 1.80. The van der Waals surface area contributed by atoms with E-state index in [0.29, 0.717) is 5.92 Å². The van der Waals surface area contributed by atoms with Crippen LogP contribution in [0.1, 0.15) is 25.5 Å². The van der Waals surface area contributed by atoms with Gasteiger partial charge in [0, 0.05) is 17.6 Å². The third-order valence-electron chi connectivity index (χ3n) is 2.73. The molecule has 2 aromatic rings. The van der Waals surface area contributed by atoms with Gasteiger partial charge in [-0.2, -0.15) is 0 Å². The number of methoxy groups -OCH3 is 1. The average Bonchev–Trinajstić information content (AvgIpc) is 2.71. The van der Waals surface area contributed by atoms with Gasteiger partial charge >= 0.3 is 0 Å². The molecule has 17 heavy (non-hydrogen) atoms. The molecular weight excluding hydrogens is 232 g/mol. The molecule has 0 aliphatic carbocycles. The quantitative estimate of drug-likeness (QED) is 0.840. The Balaban J connectivity index is 2.51. The molecule has 0 radical (unpaired) electrons. The minimum absolute atomic E-state index is 0.421. The fraction of sp³-hybridized carbons (Fsp3) is 0.308. The Labute approximate surface area is 106 Å². The van der Waals surface area contributed by atoms with E-state index in [9.17, 15) is 0 Å². The van der Waals surface area contributed by atoms with Crippen LogP contribution in [-0.4, -0.2) is 16.7 Å². The molecule has 0 aliphatic heterocycles. The van der Waals surface area contributed by atoms with E-state index < -0.39 is 0 Å². The van der Waals surface area contributed by atoms with Crippen LogP contribution in [0.4, 0.5) is 0 Å². The first-order chi connectivity index (χ1) is 8.13. The van der Waals surface area contributed by atoms with Crippen LogP contribution >= 0.6 is 12.2 Å². The number of aromatic nitrogens is 2. The standard InChI is InChI=1S/C13H16N2OS/c1-9(2)12-8-14-13(17)15(12)10-4-6-11(16-3)7-5-10/h4-9H,1-3H3,(H,14,17). The van der Waals surface area contributed by atoms with Crippen molar-refractivity contribution < 1.29 is 4.74 Å². The van der Waals surface area contributed by atoms with Crippen molar-refractivity contribution in [2.75, 3.05) is 7.11 Å². The van der Waals surface area contributed by atoms with Crippen LogP contribution in [0.2, 0.25) is 0 Å². The van der Waals surface area contributed by atoms with Crippen LogP contribution in [0.25, 0.3) is 5.69 Å². The lowest BCUT2D eigenvalue weighted by molar-refractivity contribution is 0.414. The highest BCUT2D eigenvalue weighted by Crippen LogP contribution is 2.21. The van der Waals surface area contributed by atoms with E-state index in [4.69, 9.17) is 17.0 Å². The Morgan fingerprint density at radius 2 is 1.88 bits per heavy atom. The van der Waals surface area contributed by atoms with E-state index >= 15 is 0 Å². The maximum atomic E-state index is 5.31. The maximum absolute atomic E-state index is 5.31. The number of ether oxygens (including phenoxy) is 1. The van der Waals surface area contributed by atoms with Gasteiger partial charge in [-0.25, -0.2) is 0 Å². The molecule has 0 fully saturated rings. The molecule has 0 amide bonds. The molecule has 90 valence electrons. The van der Waals surface area contributed by atoms with Gasteiger partial charge in [-0.1, -0.05) is 13.8 Å². The molecule has 1 heterocycles. The van der Waals surface area contributed by atoms with Crippen molar-refractivity contribution in [3.8, 4) is 11.4 Å². The molecule has 0 bridgehead atoms. The molecule has 0 saturated heterocycles. The van der Waals surface area contributed by atoms with Crippen molar-refractivity contribution in [1.82, 2.24) is 9.55 Å². The van der Waals surface area contributed by atoms with E-state index in [1.807, 2.05) is 30.5 Å². The normalized spacial score (nSPS) is 10.8. The van der Waals surface area contributed by atoms with Crippen molar-refractivity contribution >= 4 is 12.2 Å². The summed E-state index contributed by atoms with van der Waals surface area (Å²) in [4.78, 5) is 3.09. The molecular formula is C13H16N2OS. The Hall–Kier alpha value is -1.55. The monoisotopic (exact) mass is 248 g/mol. The van der Waals surface area contributed by atoms with E-state index in [1.54, 1.807) is 7.11 Å². The van der Waals surface area contributed by atoms with Gasteiger partial charge in [0.25, 0.3) is 0 Å². The summed E-state index contributed by atoms with van der Waals surface area (Å²) < 4.78 is 7.93. The number of benzene rings is 1. The first kappa shape index (κ1) is 11.9. The van der Waals surface area contributed by atoms with E-state index in [1.165, 1.54) is 5.69 Å². The molecule has 0 unspecified atom stereocenters. The van der Waals surface area contributed by atoms with Gasteiger partial charge in [-0.3, -0.25) is 4.57 Å². The lowest BCUT2D eigenvalue weighted by Gasteiger charge is -2.11. The van der Waals surface area contributed by atoms with Crippen molar-refractivity contribution in [3.63, 3.8) is 0 Å². The van der Waals surface area contributed by atoms with Crippen LogP contribution in [0.3, 0.4) is 0 Å². The van der Waals surface area contributed by atoms with Gasteiger partial charge in [-0.15, -0.1) is 0 Å². The third-order valence-corrected chi connectivity index (χ3v) is 3.03. The zero-order valence-electron chi connectivity index (χ0n) is 10.2. The maximum Gasteiger partial charge on any atom is 0.182 e. The number of hydrogen-bond acceptors (Lipinski definition) is 2. The lowest BCUT2D eigenvalue weighted by atomic mass is 10.1. The predicted molar refractivity (Wildman–Crippen MR) is 71.6 cm³/mol. The molecule has 1 aromatic carbocycles. The Bertz CT molecular complexity index is 552. The number of aromatic amines is 1. The number of H-pyrrole nitrogens is 1. The van der Waals surface area contributed by atoms with E-state index in [0.717, 1.165) is 16.2 Å². The highest BCUT2D eigenvalue weighted by atomic mass is 32.1. The Morgan fingerprint density at radius 1 is 1.24 bits per heavy atom. The lowest BCUT2D eigenvalue weighted by Crippen LogP contribution is -2.01. The zero-order chi connectivity index (χ0) is 12.4. The van der Waals surface area contributed by atoms with Crippen molar-refractivity contribution in [3.05, 3.63) is 40.9 Å². The fourth-order valence-corrected chi connectivity index (χ4v) is 2.07. The first-order valence-electron chi connectivity index (χ1n) is 5.58. The molecule has 0 spiro atoms. The van der Waals surface area contributed by atoms with Crippen LogP contribution in [-0.2, 0) is 0 Å². The summed E-state index contributed by atoms with van der Waals surface area (Å²) in [7, 11) is 1.66. The number of imidazole rings is 1. The average molecular weight is 248 g/mol. The minimum Gasteiger partial charge on any atom is -0.497 e. The number of hydrogen-bond donors (Lipinski definition) is 1. The minimum atomic E-state index is 0.421. The van der Waals surface area contributed by atoms with E-state index in [-0.39, 0.29) is 0 Å². The highest BCUT2D eigenvalue weighted by Gasteiger charge is 2.09.